The van der Waals surface area contributed by atoms with Crippen LogP contribution in [-0.4, -0.2) is 40.5 Å². The first-order valence-corrected chi connectivity index (χ1v) is 6.99. The molecule has 118 valence electrons. The van der Waals surface area contributed by atoms with Crippen LogP contribution in [0.15, 0.2) is 30.4 Å². The lowest BCUT2D eigenvalue weighted by Gasteiger charge is -2.20. The quantitative estimate of drug-likeness (QED) is 0.509. The van der Waals surface area contributed by atoms with Gasteiger partial charge in [-0.05, 0) is 13.0 Å². The lowest BCUT2D eigenvalue weighted by Crippen LogP contribution is -2.31. The van der Waals surface area contributed by atoms with E-state index in [0.29, 0.717) is 26.3 Å². The molecule has 5 nitrogen and oxygen atoms in total. The first kappa shape index (κ1) is 17.5. The summed E-state index contributed by atoms with van der Waals surface area (Å²) in [6, 6.07) is 5.74. The Morgan fingerprint density at radius 3 is 2.67 bits per heavy atom. The third-order valence-corrected chi connectivity index (χ3v) is 3.04. The Morgan fingerprint density at radius 1 is 1.33 bits per heavy atom. The second kappa shape index (κ2) is 9.39. The van der Waals surface area contributed by atoms with E-state index < -0.39 is 0 Å². The molecule has 0 amide bonds. The van der Waals surface area contributed by atoms with E-state index in [1.807, 2.05) is 25.1 Å². The average Bonchev–Trinajstić information content (AvgIpc) is 2.50. The molecule has 0 aliphatic heterocycles. The van der Waals surface area contributed by atoms with Crippen LogP contribution in [0, 0.1) is 0 Å². The smallest absolute Gasteiger partial charge is 0.127 e. The summed E-state index contributed by atoms with van der Waals surface area (Å²) in [4.78, 5) is 0. The Kier molecular flexibility index (Phi) is 7.82. The van der Waals surface area contributed by atoms with Crippen LogP contribution in [0.5, 0.6) is 11.5 Å². The van der Waals surface area contributed by atoms with E-state index in [9.17, 15) is 0 Å². The maximum absolute atomic E-state index is 5.86. The number of benzene rings is 1. The number of hydrogen-bond donors (Lipinski definition) is 2. The molecule has 0 heterocycles. The topological polar surface area (TPSA) is 65.7 Å². The normalized spacial score (nSPS) is 12.0. The first-order chi connectivity index (χ1) is 10.1. The number of nitrogens with one attached hydrogen (secondary N) is 1. The second-order valence-corrected chi connectivity index (χ2v) is 4.86. The van der Waals surface area contributed by atoms with Crippen LogP contribution in [-0.2, 0) is 4.74 Å². The van der Waals surface area contributed by atoms with Crippen molar-refractivity contribution in [2.75, 3.05) is 40.5 Å². The zero-order chi connectivity index (χ0) is 15.7. The number of nitrogens with two attached hydrogens (primary N) is 1. The van der Waals surface area contributed by atoms with Crippen molar-refractivity contribution in [3.63, 3.8) is 0 Å². The highest BCUT2D eigenvalue weighted by Gasteiger charge is 2.14. The molecule has 0 saturated heterocycles. The molecule has 1 atom stereocenters. The zero-order valence-corrected chi connectivity index (χ0v) is 13.1. The van der Waals surface area contributed by atoms with Gasteiger partial charge in [0.2, 0.25) is 0 Å². The molecule has 1 unspecified atom stereocenters. The van der Waals surface area contributed by atoms with Crippen molar-refractivity contribution in [2.45, 2.75) is 13.0 Å². The van der Waals surface area contributed by atoms with Crippen LogP contribution >= 0.6 is 0 Å². The molecule has 0 aliphatic carbocycles. The number of hydrogen-bond acceptors (Lipinski definition) is 5. The fraction of sp³-hybridized carbons (Fsp3) is 0.500. The Hall–Kier alpha value is -1.56. The lowest BCUT2D eigenvalue weighted by molar-refractivity contribution is 0.155. The molecule has 0 spiro atoms. The van der Waals surface area contributed by atoms with E-state index in [1.165, 1.54) is 0 Å². The van der Waals surface area contributed by atoms with E-state index in [0.717, 1.165) is 22.6 Å². The van der Waals surface area contributed by atoms with Crippen LogP contribution in [0.25, 0.3) is 0 Å². The zero-order valence-electron chi connectivity index (χ0n) is 13.1. The molecule has 5 heteroatoms. The van der Waals surface area contributed by atoms with Crippen molar-refractivity contribution in [3.8, 4) is 11.5 Å². The average molecular weight is 294 g/mol. The van der Waals surface area contributed by atoms with Crippen LogP contribution in [0.2, 0.25) is 0 Å². The van der Waals surface area contributed by atoms with E-state index in [-0.39, 0.29) is 6.04 Å². The number of rotatable bonds is 10. The van der Waals surface area contributed by atoms with Gasteiger partial charge in [0, 0.05) is 30.8 Å². The molecule has 0 radical (unpaired) electrons. The van der Waals surface area contributed by atoms with Crippen LogP contribution < -0.4 is 20.5 Å². The molecule has 1 aromatic carbocycles. The highest BCUT2D eigenvalue weighted by atomic mass is 16.5. The predicted molar refractivity (Wildman–Crippen MR) is 85.0 cm³/mol. The minimum atomic E-state index is 0.0132. The van der Waals surface area contributed by atoms with Crippen molar-refractivity contribution in [1.82, 2.24) is 5.32 Å². The fourth-order valence-electron chi connectivity index (χ4n) is 1.98. The third kappa shape index (κ3) is 5.75. The van der Waals surface area contributed by atoms with E-state index in [2.05, 4.69) is 11.9 Å². The summed E-state index contributed by atoms with van der Waals surface area (Å²) in [7, 11) is 3.27. The lowest BCUT2D eigenvalue weighted by atomic mass is 10.1. The van der Waals surface area contributed by atoms with Gasteiger partial charge in [0.15, 0.2) is 0 Å². The van der Waals surface area contributed by atoms with Crippen molar-refractivity contribution >= 4 is 0 Å². The minimum absolute atomic E-state index is 0.0132. The van der Waals surface area contributed by atoms with Crippen molar-refractivity contribution < 1.29 is 14.2 Å². The molecule has 0 bridgehead atoms. The van der Waals surface area contributed by atoms with Gasteiger partial charge < -0.3 is 25.3 Å². The second-order valence-electron chi connectivity index (χ2n) is 4.86. The Balaban J connectivity index is 2.60. The van der Waals surface area contributed by atoms with Crippen LogP contribution in [0.4, 0.5) is 0 Å². The van der Waals surface area contributed by atoms with Gasteiger partial charge in [0.25, 0.3) is 0 Å². The summed E-state index contributed by atoms with van der Waals surface area (Å²) in [6.45, 7) is 8.12. The summed E-state index contributed by atoms with van der Waals surface area (Å²) < 4.78 is 16.1. The van der Waals surface area contributed by atoms with Crippen molar-refractivity contribution in [2.24, 2.45) is 5.73 Å². The van der Waals surface area contributed by atoms with Crippen molar-refractivity contribution in [1.29, 1.82) is 0 Å². The van der Waals surface area contributed by atoms with Gasteiger partial charge in [0.05, 0.1) is 27.4 Å². The fourth-order valence-corrected chi connectivity index (χ4v) is 1.98. The molecular formula is C16H26N2O3. The highest BCUT2D eigenvalue weighted by Crippen LogP contribution is 2.28. The summed E-state index contributed by atoms with van der Waals surface area (Å²) in [5, 5.41) is 3.37. The van der Waals surface area contributed by atoms with Gasteiger partial charge in [-0.25, -0.2) is 0 Å². The summed E-state index contributed by atoms with van der Waals surface area (Å²) in [5.41, 5.74) is 7.89. The number of methoxy groups -OCH3 is 2. The van der Waals surface area contributed by atoms with E-state index in [4.69, 9.17) is 19.9 Å². The SMILES string of the molecule is C=C(C)COCCNC(CN)c1ccc(OC)cc1OC. The van der Waals surface area contributed by atoms with Gasteiger partial charge in [-0.1, -0.05) is 18.2 Å². The molecule has 0 saturated carbocycles. The Bertz CT molecular complexity index is 449. The van der Waals surface area contributed by atoms with Gasteiger partial charge in [-0.2, -0.15) is 0 Å². The summed E-state index contributed by atoms with van der Waals surface area (Å²) >= 11 is 0. The number of ether oxygens (including phenoxy) is 3. The van der Waals surface area contributed by atoms with Gasteiger partial charge in [-0.15, -0.1) is 0 Å². The van der Waals surface area contributed by atoms with Gasteiger partial charge >= 0.3 is 0 Å². The minimum Gasteiger partial charge on any atom is -0.497 e. The largest absolute Gasteiger partial charge is 0.497 e. The Labute approximate surface area is 127 Å². The van der Waals surface area contributed by atoms with Gasteiger partial charge in [0.1, 0.15) is 11.5 Å². The maximum atomic E-state index is 5.86. The van der Waals surface area contributed by atoms with E-state index >= 15 is 0 Å². The standard InChI is InChI=1S/C16H26N2O3/c1-12(2)11-21-8-7-18-15(10-17)14-6-5-13(19-3)9-16(14)20-4/h5-6,9,15,18H,1,7-8,10-11,17H2,2-4H3. The van der Waals surface area contributed by atoms with E-state index in [1.54, 1.807) is 14.2 Å². The molecule has 1 rings (SSSR count). The van der Waals surface area contributed by atoms with Crippen LogP contribution in [0.1, 0.15) is 18.5 Å². The molecule has 3 N–H and O–H groups in total. The summed E-state index contributed by atoms with van der Waals surface area (Å²) in [5.74, 6) is 1.52. The van der Waals surface area contributed by atoms with Crippen LogP contribution in [0.3, 0.4) is 0 Å². The molecule has 0 fully saturated rings. The van der Waals surface area contributed by atoms with Gasteiger partial charge in [-0.3, -0.25) is 0 Å². The summed E-state index contributed by atoms with van der Waals surface area (Å²) in [6.07, 6.45) is 0. The van der Waals surface area contributed by atoms with Crippen molar-refractivity contribution in [3.05, 3.63) is 35.9 Å². The monoisotopic (exact) mass is 294 g/mol. The molecule has 0 aromatic heterocycles. The maximum Gasteiger partial charge on any atom is 0.127 e. The molecular weight excluding hydrogens is 268 g/mol. The molecule has 21 heavy (non-hydrogen) atoms. The Morgan fingerprint density at radius 2 is 2.10 bits per heavy atom. The predicted octanol–water partition coefficient (Wildman–Crippen LogP) is 1.89. The molecule has 1 aromatic rings. The first-order valence-electron chi connectivity index (χ1n) is 6.99. The third-order valence-electron chi connectivity index (χ3n) is 3.04. The highest BCUT2D eigenvalue weighted by molar-refractivity contribution is 5.42. The molecule has 0 aliphatic rings.